The van der Waals surface area contributed by atoms with Crippen molar-refractivity contribution in [2.24, 2.45) is 0 Å². The number of rotatable bonds is 6. The van der Waals surface area contributed by atoms with E-state index in [0.717, 1.165) is 11.3 Å². The van der Waals surface area contributed by atoms with E-state index >= 15 is 0 Å². The van der Waals surface area contributed by atoms with E-state index in [1.165, 1.54) is 0 Å². The number of terminal acetylenes is 1. The molecule has 1 N–H and O–H groups in total. The largest absolute Gasteiger partial charge is 0.489 e. The minimum absolute atomic E-state index is 0.262. The number of anilines is 1. The second-order valence-corrected chi connectivity index (χ2v) is 5.99. The van der Waals surface area contributed by atoms with Crippen molar-refractivity contribution in [3.63, 3.8) is 0 Å². The monoisotopic (exact) mass is 356 g/mol. The highest BCUT2D eigenvalue weighted by Gasteiger charge is 2.31. The zero-order valence-corrected chi connectivity index (χ0v) is 14.2. The lowest BCUT2D eigenvalue weighted by atomic mass is 10.2. The second kappa shape index (κ2) is 7.82. The standard InChI is InChI=1S/C19H17ClN2O3/c1-2-21-11-18-12-22(19(23)25-18)16-6-8-17(9-7-16)24-13-14-4-3-5-15(20)10-14/h1,3-10,18,21H,11-13H2. The van der Waals surface area contributed by atoms with E-state index in [-0.39, 0.29) is 12.2 Å². The van der Waals surface area contributed by atoms with Crippen molar-refractivity contribution >= 4 is 23.4 Å². The van der Waals surface area contributed by atoms with Gasteiger partial charge in [0, 0.05) is 16.8 Å². The van der Waals surface area contributed by atoms with Crippen LogP contribution in [0.3, 0.4) is 0 Å². The molecule has 0 spiro atoms. The van der Waals surface area contributed by atoms with Crippen LogP contribution in [0.2, 0.25) is 5.02 Å². The number of ether oxygens (including phenoxy) is 2. The third-order valence-electron chi connectivity index (χ3n) is 3.75. The van der Waals surface area contributed by atoms with Crippen LogP contribution in [0.1, 0.15) is 5.56 Å². The maximum atomic E-state index is 12.0. The number of carbonyl (C=O) groups is 1. The molecule has 1 amide bonds. The Balaban J connectivity index is 1.59. The second-order valence-electron chi connectivity index (χ2n) is 5.55. The number of amides is 1. The number of hydrogen-bond acceptors (Lipinski definition) is 4. The van der Waals surface area contributed by atoms with E-state index in [4.69, 9.17) is 27.5 Å². The average molecular weight is 357 g/mol. The molecule has 5 nitrogen and oxygen atoms in total. The summed E-state index contributed by atoms with van der Waals surface area (Å²) >= 11 is 5.96. The van der Waals surface area contributed by atoms with Crippen LogP contribution in [0, 0.1) is 12.5 Å². The quantitative estimate of drug-likeness (QED) is 0.636. The Morgan fingerprint density at radius 1 is 1.32 bits per heavy atom. The number of nitrogens with zero attached hydrogens (tertiary/aromatic N) is 1. The first kappa shape index (κ1) is 17.0. The summed E-state index contributed by atoms with van der Waals surface area (Å²) in [7, 11) is 0. The molecular formula is C19H17ClN2O3. The molecule has 1 atom stereocenters. The van der Waals surface area contributed by atoms with Crippen molar-refractivity contribution in [3.8, 4) is 18.2 Å². The van der Waals surface area contributed by atoms with Crippen LogP contribution in [-0.4, -0.2) is 25.3 Å². The first-order chi connectivity index (χ1) is 12.2. The summed E-state index contributed by atoms with van der Waals surface area (Å²) in [6, 6.07) is 17.1. The SMILES string of the molecule is C#CNCC1CN(c2ccc(OCc3cccc(Cl)c3)cc2)C(=O)O1. The lowest BCUT2D eigenvalue weighted by Gasteiger charge is -2.14. The Bertz CT molecular complexity index is 786. The topological polar surface area (TPSA) is 50.8 Å². The van der Waals surface area contributed by atoms with E-state index < -0.39 is 0 Å². The van der Waals surface area contributed by atoms with Gasteiger partial charge in [-0.3, -0.25) is 4.90 Å². The van der Waals surface area contributed by atoms with Gasteiger partial charge in [0.2, 0.25) is 0 Å². The molecule has 25 heavy (non-hydrogen) atoms. The van der Waals surface area contributed by atoms with Gasteiger partial charge in [-0.15, -0.1) is 0 Å². The molecule has 1 aliphatic heterocycles. The van der Waals surface area contributed by atoms with E-state index in [9.17, 15) is 4.79 Å². The summed E-state index contributed by atoms with van der Waals surface area (Å²) in [5, 5.41) is 3.40. The molecule has 1 fully saturated rings. The molecule has 128 valence electrons. The highest BCUT2D eigenvalue weighted by molar-refractivity contribution is 6.30. The molecule has 1 heterocycles. The number of carbonyl (C=O) groups excluding carboxylic acids is 1. The van der Waals surface area contributed by atoms with Crippen LogP contribution < -0.4 is 15.0 Å². The lowest BCUT2D eigenvalue weighted by Crippen LogP contribution is -2.28. The van der Waals surface area contributed by atoms with Crippen molar-refractivity contribution in [2.75, 3.05) is 18.0 Å². The van der Waals surface area contributed by atoms with Gasteiger partial charge in [-0.25, -0.2) is 4.79 Å². The van der Waals surface area contributed by atoms with E-state index in [1.807, 2.05) is 48.5 Å². The molecule has 2 aromatic rings. The van der Waals surface area contributed by atoms with E-state index in [1.54, 1.807) is 4.90 Å². The Labute approximate surface area is 151 Å². The number of hydrogen-bond donors (Lipinski definition) is 1. The van der Waals surface area contributed by atoms with Crippen molar-refractivity contribution in [1.82, 2.24) is 5.32 Å². The highest BCUT2D eigenvalue weighted by atomic mass is 35.5. The van der Waals surface area contributed by atoms with Gasteiger partial charge in [-0.05, 0) is 42.0 Å². The molecular weight excluding hydrogens is 340 g/mol. The van der Waals surface area contributed by atoms with Gasteiger partial charge in [0.05, 0.1) is 13.1 Å². The molecule has 1 unspecified atom stereocenters. The fourth-order valence-corrected chi connectivity index (χ4v) is 2.74. The van der Waals surface area contributed by atoms with Crippen LogP contribution in [-0.2, 0) is 11.3 Å². The Morgan fingerprint density at radius 2 is 2.12 bits per heavy atom. The summed E-state index contributed by atoms with van der Waals surface area (Å²) in [4.78, 5) is 13.5. The maximum Gasteiger partial charge on any atom is 0.414 e. The fourth-order valence-electron chi connectivity index (χ4n) is 2.53. The summed E-state index contributed by atoms with van der Waals surface area (Å²) < 4.78 is 11.0. The van der Waals surface area contributed by atoms with Crippen molar-refractivity contribution in [1.29, 1.82) is 0 Å². The van der Waals surface area contributed by atoms with Crippen LogP contribution in [0.15, 0.2) is 48.5 Å². The molecule has 1 saturated heterocycles. The van der Waals surface area contributed by atoms with Gasteiger partial charge in [0.15, 0.2) is 0 Å². The molecule has 0 aromatic heterocycles. The molecule has 1 aliphatic rings. The lowest BCUT2D eigenvalue weighted by molar-refractivity contribution is 0.142. The normalized spacial score (nSPS) is 16.2. The predicted octanol–water partition coefficient (Wildman–Crippen LogP) is 3.42. The van der Waals surface area contributed by atoms with E-state index in [0.29, 0.717) is 30.5 Å². The maximum absolute atomic E-state index is 12.0. The van der Waals surface area contributed by atoms with Crippen molar-refractivity contribution in [2.45, 2.75) is 12.7 Å². The Morgan fingerprint density at radius 3 is 2.84 bits per heavy atom. The Kier molecular flexibility index (Phi) is 5.32. The predicted molar refractivity (Wildman–Crippen MR) is 96.7 cm³/mol. The van der Waals surface area contributed by atoms with Gasteiger partial charge < -0.3 is 14.8 Å². The third kappa shape index (κ3) is 4.37. The minimum Gasteiger partial charge on any atom is -0.489 e. The molecule has 3 rings (SSSR count). The molecule has 0 aliphatic carbocycles. The minimum atomic E-state index is -0.378. The van der Waals surface area contributed by atoms with Gasteiger partial charge in [-0.1, -0.05) is 30.2 Å². The highest BCUT2D eigenvalue weighted by Crippen LogP contribution is 2.24. The van der Waals surface area contributed by atoms with Gasteiger partial charge in [0.1, 0.15) is 18.5 Å². The summed E-state index contributed by atoms with van der Waals surface area (Å²) in [5.74, 6) is 0.710. The molecule has 2 aromatic carbocycles. The number of halogens is 1. The van der Waals surface area contributed by atoms with Crippen LogP contribution in [0.5, 0.6) is 5.75 Å². The van der Waals surface area contributed by atoms with Gasteiger partial charge >= 0.3 is 6.09 Å². The zero-order valence-electron chi connectivity index (χ0n) is 13.4. The molecule has 6 heteroatoms. The molecule has 0 radical (unpaired) electrons. The van der Waals surface area contributed by atoms with Crippen LogP contribution in [0.25, 0.3) is 0 Å². The fraction of sp³-hybridized carbons (Fsp3) is 0.211. The smallest absolute Gasteiger partial charge is 0.414 e. The van der Waals surface area contributed by atoms with Crippen molar-refractivity contribution in [3.05, 3.63) is 59.1 Å². The van der Waals surface area contributed by atoms with Crippen molar-refractivity contribution < 1.29 is 14.3 Å². The first-order valence-corrected chi connectivity index (χ1v) is 8.17. The van der Waals surface area contributed by atoms with Crippen LogP contribution in [0.4, 0.5) is 10.5 Å². The van der Waals surface area contributed by atoms with Gasteiger partial charge in [-0.2, -0.15) is 0 Å². The molecule has 0 saturated carbocycles. The number of benzene rings is 2. The summed E-state index contributed by atoms with van der Waals surface area (Å²) in [6.07, 6.45) is 4.51. The first-order valence-electron chi connectivity index (χ1n) is 7.79. The average Bonchev–Trinajstić information content (AvgIpc) is 2.99. The van der Waals surface area contributed by atoms with Gasteiger partial charge in [0.25, 0.3) is 0 Å². The Hall–Kier alpha value is -2.84. The summed E-state index contributed by atoms with van der Waals surface area (Å²) in [6.45, 7) is 1.31. The zero-order chi connectivity index (χ0) is 17.6. The third-order valence-corrected chi connectivity index (χ3v) is 3.98. The number of cyclic esters (lactones) is 1. The van der Waals surface area contributed by atoms with E-state index in [2.05, 4.69) is 11.4 Å². The number of nitrogens with one attached hydrogen (secondary N) is 1. The molecule has 0 bridgehead atoms. The van der Waals surface area contributed by atoms with Crippen LogP contribution >= 0.6 is 11.6 Å². The summed E-state index contributed by atoms with van der Waals surface area (Å²) in [5.41, 5.74) is 1.74.